The van der Waals surface area contributed by atoms with Crippen molar-refractivity contribution >= 4 is 17.9 Å². The molecule has 0 saturated carbocycles. The summed E-state index contributed by atoms with van der Waals surface area (Å²) in [6.07, 6.45) is -0.467. The van der Waals surface area contributed by atoms with Crippen molar-refractivity contribution < 1.29 is 33.3 Å². The molecule has 2 bridgehead atoms. The Morgan fingerprint density at radius 3 is 2.86 bits per heavy atom. The van der Waals surface area contributed by atoms with Gasteiger partial charge in [-0.25, -0.2) is 4.79 Å². The molecule has 0 aromatic heterocycles. The van der Waals surface area contributed by atoms with E-state index in [9.17, 15) is 14.4 Å². The minimum absolute atomic E-state index is 0.126. The summed E-state index contributed by atoms with van der Waals surface area (Å²) in [4.78, 5) is 34.6. The first-order valence-corrected chi connectivity index (χ1v) is 7.35. The number of carbonyl (C=O) groups excluding carboxylic acids is 3. The molecule has 7 heteroatoms. The smallest absolute Gasteiger partial charge is 0.333 e. The van der Waals surface area contributed by atoms with E-state index in [1.807, 2.05) is 0 Å². The first-order chi connectivity index (χ1) is 10.5. The summed E-state index contributed by atoms with van der Waals surface area (Å²) in [5.74, 6) is -1.35. The second-order valence-electron chi connectivity index (χ2n) is 5.86. The summed E-state index contributed by atoms with van der Waals surface area (Å²) in [5.41, 5.74) is 0.319. The summed E-state index contributed by atoms with van der Waals surface area (Å²) in [6, 6.07) is 0. The highest BCUT2D eigenvalue weighted by Crippen LogP contribution is 2.47. The largest absolute Gasteiger partial charge is 0.462 e. The maximum atomic E-state index is 11.8. The lowest BCUT2D eigenvalue weighted by atomic mass is 9.88. The van der Waals surface area contributed by atoms with Crippen molar-refractivity contribution in [2.75, 3.05) is 6.61 Å². The third-order valence-corrected chi connectivity index (χ3v) is 4.16. The van der Waals surface area contributed by atoms with Gasteiger partial charge in [0.05, 0.1) is 18.6 Å². The lowest BCUT2D eigenvalue weighted by Crippen LogP contribution is -2.40. The summed E-state index contributed by atoms with van der Waals surface area (Å²) in [5, 5.41) is 0. The minimum Gasteiger partial charge on any atom is -0.462 e. The second kappa shape index (κ2) is 5.72. The molecule has 0 aromatic rings. The molecular weight excluding hydrogens is 292 g/mol. The molecule has 0 radical (unpaired) electrons. The number of hydrogen-bond acceptors (Lipinski definition) is 7. The molecule has 22 heavy (non-hydrogen) atoms. The van der Waals surface area contributed by atoms with Crippen molar-refractivity contribution in [2.24, 2.45) is 5.92 Å². The van der Waals surface area contributed by atoms with Crippen LogP contribution >= 0.6 is 0 Å². The standard InChI is InChI=1S/C15H18O7/c1-7(2)14(17)19-5-3-4-10(16)21-12-9-6-8-11(20-9)13(12)22-15(8)18/h8-9,11-13H,1,3-6H2,2H3. The van der Waals surface area contributed by atoms with E-state index in [1.54, 1.807) is 6.92 Å². The van der Waals surface area contributed by atoms with Gasteiger partial charge in [0.25, 0.3) is 0 Å². The quantitative estimate of drug-likeness (QED) is 0.306. The van der Waals surface area contributed by atoms with E-state index in [2.05, 4.69) is 6.58 Å². The summed E-state index contributed by atoms with van der Waals surface area (Å²) in [6.45, 7) is 5.16. The maximum Gasteiger partial charge on any atom is 0.333 e. The second-order valence-corrected chi connectivity index (χ2v) is 5.86. The predicted octanol–water partition coefficient (Wildman–Crippen LogP) is 0.510. The summed E-state index contributed by atoms with van der Waals surface area (Å²) in [7, 11) is 0. The van der Waals surface area contributed by atoms with Crippen molar-refractivity contribution in [1.29, 1.82) is 0 Å². The Morgan fingerprint density at radius 2 is 2.14 bits per heavy atom. The van der Waals surface area contributed by atoms with Crippen LogP contribution in [0.3, 0.4) is 0 Å². The van der Waals surface area contributed by atoms with Crippen LogP contribution in [0, 0.1) is 5.92 Å². The van der Waals surface area contributed by atoms with E-state index in [0.29, 0.717) is 18.4 Å². The fourth-order valence-corrected chi connectivity index (χ4v) is 3.10. The Bertz CT molecular complexity index is 526. The average molecular weight is 310 g/mol. The van der Waals surface area contributed by atoms with Crippen LogP contribution in [0.15, 0.2) is 12.2 Å². The van der Waals surface area contributed by atoms with E-state index in [0.717, 1.165) is 0 Å². The number of rotatable bonds is 6. The van der Waals surface area contributed by atoms with Crippen molar-refractivity contribution in [3.8, 4) is 0 Å². The fraction of sp³-hybridized carbons (Fsp3) is 0.667. The van der Waals surface area contributed by atoms with E-state index in [4.69, 9.17) is 18.9 Å². The van der Waals surface area contributed by atoms with Gasteiger partial charge in [-0.2, -0.15) is 0 Å². The molecule has 0 spiro atoms. The van der Waals surface area contributed by atoms with Gasteiger partial charge in [0.2, 0.25) is 0 Å². The van der Waals surface area contributed by atoms with Crippen LogP contribution in [-0.2, 0) is 33.3 Å². The van der Waals surface area contributed by atoms with Gasteiger partial charge in [-0.05, 0) is 19.8 Å². The molecule has 0 amide bonds. The lowest BCUT2D eigenvalue weighted by molar-refractivity contribution is -0.161. The topological polar surface area (TPSA) is 88.1 Å². The van der Waals surface area contributed by atoms with E-state index >= 15 is 0 Å². The summed E-state index contributed by atoms with van der Waals surface area (Å²) >= 11 is 0. The van der Waals surface area contributed by atoms with Crippen LogP contribution in [0.25, 0.3) is 0 Å². The molecule has 7 nitrogen and oxygen atoms in total. The van der Waals surface area contributed by atoms with Crippen LogP contribution in [0.1, 0.15) is 26.2 Å². The Morgan fingerprint density at radius 1 is 1.36 bits per heavy atom. The molecule has 5 atom stereocenters. The number of ether oxygens (including phenoxy) is 4. The number of hydrogen-bond donors (Lipinski definition) is 0. The van der Waals surface area contributed by atoms with Crippen LogP contribution in [0.5, 0.6) is 0 Å². The summed E-state index contributed by atoms with van der Waals surface area (Å²) < 4.78 is 21.1. The van der Waals surface area contributed by atoms with Crippen LogP contribution in [-0.4, -0.2) is 48.9 Å². The van der Waals surface area contributed by atoms with E-state index in [1.165, 1.54) is 0 Å². The molecule has 3 heterocycles. The molecule has 3 aliphatic heterocycles. The van der Waals surface area contributed by atoms with Gasteiger partial charge < -0.3 is 18.9 Å². The molecule has 120 valence electrons. The highest BCUT2D eigenvalue weighted by molar-refractivity contribution is 5.86. The molecule has 5 unspecified atom stereocenters. The van der Waals surface area contributed by atoms with Crippen molar-refractivity contribution in [3.63, 3.8) is 0 Å². The average Bonchev–Trinajstić information content (AvgIpc) is 3.08. The van der Waals surface area contributed by atoms with Crippen LogP contribution < -0.4 is 0 Å². The number of carbonyl (C=O) groups is 3. The molecule has 0 aliphatic carbocycles. The zero-order valence-electron chi connectivity index (χ0n) is 12.3. The molecule has 0 aromatic carbocycles. The third-order valence-electron chi connectivity index (χ3n) is 4.16. The highest BCUT2D eigenvalue weighted by Gasteiger charge is 2.65. The zero-order valence-corrected chi connectivity index (χ0v) is 12.3. The maximum absolute atomic E-state index is 11.8. The van der Waals surface area contributed by atoms with Gasteiger partial charge in [-0.15, -0.1) is 0 Å². The Labute approximate surface area is 127 Å². The normalized spacial score (nSPS) is 34.4. The molecule has 3 saturated heterocycles. The Balaban J connectivity index is 1.41. The van der Waals surface area contributed by atoms with Gasteiger partial charge in [-0.1, -0.05) is 6.58 Å². The monoisotopic (exact) mass is 310 g/mol. The van der Waals surface area contributed by atoms with Gasteiger partial charge in [0.1, 0.15) is 6.10 Å². The van der Waals surface area contributed by atoms with E-state index < -0.39 is 24.1 Å². The van der Waals surface area contributed by atoms with Gasteiger partial charge in [0, 0.05) is 12.0 Å². The van der Waals surface area contributed by atoms with E-state index in [-0.39, 0.29) is 37.1 Å². The minimum atomic E-state index is -0.516. The van der Waals surface area contributed by atoms with Crippen LogP contribution in [0.2, 0.25) is 0 Å². The Kier molecular flexibility index (Phi) is 3.90. The lowest BCUT2D eigenvalue weighted by Gasteiger charge is -2.22. The number of esters is 3. The number of fused-ring (bicyclic) bond motifs is 1. The predicted molar refractivity (Wildman–Crippen MR) is 71.5 cm³/mol. The first-order valence-electron chi connectivity index (χ1n) is 7.35. The van der Waals surface area contributed by atoms with Crippen LogP contribution in [0.4, 0.5) is 0 Å². The molecule has 3 fully saturated rings. The third kappa shape index (κ3) is 2.61. The van der Waals surface area contributed by atoms with Gasteiger partial charge in [-0.3, -0.25) is 9.59 Å². The first kappa shape index (κ1) is 15.0. The molecule has 3 aliphatic rings. The van der Waals surface area contributed by atoms with Crippen molar-refractivity contribution in [3.05, 3.63) is 12.2 Å². The molecular formula is C15H18O7. The van der Waals surface area contributed by atoms with Gasteiger partial charge in [0.15, 0.2) is 12.2 Å². The SMILES string of the molecule is C=C(C)C(=O)OCCCC(=O)OC1C2CC3C(=O)OC1C3O2. The Hall–Kier alpha value is -1.89. The van der Waals surface area contributed by atoms with Crippen molar-refractivity contribution in [1.82, 2.24) is 0 Å². The molecule has 3 rings (SSSR count). The highest BCUT2D eigenvalue weighted by atomic mass is 16.7. The molecule has 0 N–H and O–H groups in total. The van der Waals surface area contributed by atoms with Crippen molar-refractivity contribution in [2.45, 2.75) is 50.6 Å². The fourth-order valence-electron chi connectivity index (χ4n) is 3.10. The zero-order chi connectivity index (χ0) is 15.9. The van der Waals surface area contributed by atoms with Gasteiger partial charge >= 0.3 is 17.9 Å².